The average Bonchev–Trinajstić information content (AvgIpc) is 3.11. The molecule has 0 aromatic carbocycles. The van der Waals surface area contributed by atoms with E-state index in [1.165, 1.54) is 45.3 Å². The van der Waals surface area contributed by atoms with Crippen LogP contribution in [0.4, 0.5) is 10.2 Å². The second-order valence-electron chi connectivity index (χ2n) is 8.78. The molecule has 0 radical (unpaired) electrons. The predicted molar refractivity (Wildman–Crippen MR) is 111 cm³/mol. The lowest BCUT2D eigenvalue weighted by Gasteiger charge is -2.55. The number of halogens is 1. The third-order valence-corrected chi connectivity index (χ3v) is 7.90. The van der Waals surface area contributed by atoms with E-state index in [1.807, 2.05) is 0 Å². The van der Waals surface area contributed by atoms with Gasteiger partial charge in [0.1, 0.15) is 17.0 Å². The molecule has 0 saturated carbocycles. The minimum atomic E-state index is -0.313. The zero-order valence-corrected chi connectivity index (χ0v) is 17.2. The number of alkyl halides is 1. The Balaban J connectivity index is 1.19. The number of anilines is 1. The van der Waals surface area contributed by atoms with Gasteiger partial charge in [-0.1, -0.05) is 0 Å². The van der Waals surface area contributed by atoms with Crippen molar-refractivity contribution in [3.8, 4) is 0 Å². The van der Waals surface area contributed by atoms with Gasteiger partial charge in [-0.15, -0.1) is 11.3 Å². The topological polar surface area (TPSA) is 41.5 Å². The Morgan fingerprint density at radius 2 is 1.96 bits per heavy atom. The molecule has 152 valence electrons. The Bertz CT molecular complexity index is 806. The maximum atomic E-state index is 12.7. The Kier molecular flexibility index (Phi) is 5.24. The molecule has 5 nitrogen and oxygen atoms in total. The highest BCUT2D eigenvalue weighted by Gasteiger charge is 2.45. The van der Waals surface area contributed by atoms with E-state index in [-0.39, 0.29) is 6.67 Å². The highest BCUT2D eigenvalue weighted by molar-refractivity contribution is 7.18. The molecule has 2 aromatic heterocycles. The summed E-state index contributed by atoms with van der Waals surface area (Å²) in [5.41, 5.74) is 0.516. The van der Waals surface area contributed by atoms with Gasteiger partial charge in [-0.3, -0.25) is 4.39 Å². The van der Waals surface area contributed by atoms with Crippen LogP contribution in [0.1, 0.15) is 30.6 Å². The first-order valence-corrected chi connectivity index (χ1v) is 11.4. The predicted octanol–water partition coefficient (Wildman–Crippen LogP) is 3.53. The van der Waals surface area contributed by atoms with Gasteiger partial charge in [0.05, 0.1) is 12.1 Å². The first-order chi connectivity index (χ1) is 13.7. The molecule has 3 fully saturated rings. The summed E-state index contributed by atoms with van der Waals surface area (Å²) in [5.74, 6) is 1.87. The van der Waals surface area contributed by atoms with Gasteiger partial charge in [-0.05, 0) is 43.1 Å². The number of nitrogens with zero attached hydrogens (tertiary/aromatic N) is 4. The number of aromatic nitrogens is 2. The van der Waals surface area contributed by atoms with Crippen LogP contribution in [0.5, 0.6) is 0 Å². The lowest BCUT2D eigenvalue weighted by molar-refractivity contribution is -0.0401. The maximum Gasteiger partial charge on any atom is 0.140 e. The van der Waals surface area contributed by atoms with Crippen molar-refractivity contribution >= 4 is 27.4 Å². The lowest BCUT2D eigenvalue weighted by Crippen LogP contribution is -2.61. The molecule has 0 atom stereocenters. The molecule has 0 unspecified atom stereocenters. The number of hydrogen-bond acceptors (Lipinski definition) is 6. The van der Waals surface area contributed by atoms with Gasteiger partial charge < -0.3 is 14.5 Å². The fraction of sp³-hybridized carbons (Fsp3) is 0.714. The van der Waals surface area contributed by atoms with Gasteiger partial charge in [0.15, 0.2) is 0 Å². The van der Waals surface area contributed by atoms with Crippen LogP contribution in [-0.4, -0.2) is 67.5 Å². The van der Waals surface area contributed by atoms with Crippen LogP contribution < -0.4 is 4.90 Å². The molecule has 3 aliphatic heterocycles. The second kappa shape index (κ2) is 7.84. The second-order valence-corrected chi connectivity index (χ2v) is 9.90. The normalized spacial score (nSPS) is 23.4. The first kappa shape index (κ1) is 18.7. The minimum absolute atomic E-state index is 0.313. The molecule has 0 N–H and O–H groups in total. The SMILES string of the molecule is FCCc1cc2c(N3CCC4(CC3)CN(CC3CCOCC3)C4)ncnc2s1. The Morgan fingerprint density at radius 3 is 2.71 bits per heavy atom. The van der Waals surface area contributed by atoms with Gasteiger partial charge in [0.2, 0.25) is 0 Å². The molecule has 0 bridgehead atoms. The largest absolute Gasteiger partial charge is 0.381 e. The third kappa shape index (κ3) is 3.64. The van der Waals surface area contributed by atoms with Crippen molar-refractivity contribution in [1.82, 2.24) is 14.9 Å². The van der Waals surface area contributed by atoms with E-state index in [0.29, 0.717) is 11.8 Å². The fourth-order valence-corrected chi connectivity index (χ4v) is 6.16. The van der Waals surface area contributed by atoms with Crippen molar-refractivity contribution in [2.75, 3.05) is 57.5 Å². The van der Waals surface area contributed by atoms with Gasteiger partial charge >= 0.3 is 0 Å². The molecule has 3 aliphatic rings. The Hall–Kier alpha value is -1.31. The van der Waals surface area contributed by atoms with Crippen molar-refractivity contribution < 1.29 is 9.13 Å². The monoisotopic (exact) mass is 404 g/mol. The molecular weight excluding hydrogens is 375 g/mol. The highest BCUT2D eigenvalue weighted by atomic mass is 32.1. The zero-order chi connectivity index (χ0) is 19.0. The summed E-state index contributed by atoms with van der Waals surface area (Å²) >= 11 is 1.60. The molecule has 3 saturated heterocycles. The van der Waals surface area contributed by atoms with E-state index >= 15 is 0 Å². The number of thiophene rings is 1. The fourth-order valence-electron chi connectivity index (χ4n) is 5.20. The summed E-state index contributed by atoms with van der Waals surface area (Å²) in [4.78, 5) is 16.1. The van der Waals surface area contributed by atoms with E-state index in [2.05, 4.69) is 25.8 Å². The minimum Gasteiger partial charge on any atom is -0.381 e. The van der Waals surface area contributed by atoms with Crippen LogP contribution in [0.15, 0.2) is 12.4 Å². The third-order valence-electron chi connectivity index (χ3n) is 6.80. The van der Waals surface area contributed by atoms with Crippen molar-refractivity contribution in [2.24, 2.45) is 11.3 Å². The smallest absolute Gasteiger partial charge is 0.140 e. The van der Waals surface area contributed by atoms with Crippen LogP contribution in [0.2, 0.25) is 0 Å². The average molecular weight is 405 g/mol. The van der Waals surface area contributed by atoms with Crippen LogP contribution >= 0.6 is 11.3 Å². The maximum absolute atomic E-state index is 12.7. The first-order valence-electron chi connectivity index (χ1n) is 10.6. The Labute approximate surface area is 169 Å². The van der Waals surface area contributed by atoms with E-state index in [0.717, 1.165) is 53.1 Å². The number of aryl methyl sites for hydroxylation is 1. The highest BCUT2D eigenvalue weighted by Crippen LogP contribution is 2.42. The molecular formula is C21H29FN4OS. The molecule has 2 aromatic rings. The van der Waals surface area contributed by atoms with Gasteiger partial charge in [0.25, 0.3) is 0 Å². The van der Waals surface area contributed by atoms with E-state index in [4.69, 9.17) is 4.74 Å². The van der Waals surface area contributed by atoms with E-state index in [1.54, 1.807) is 17.7 Å². The summed E-state index contributed by atoms with van der Waals surface area (Å²) < 4.78 is 18.2. The van der Waals surface area contributed by atoms with Crippen LogP contribution in [0, 0.1) is 11.3 Å². The van der Waals surface area contributed by atoms with Gasteiger partial charge in [-0.25, -0.2) is 9.97 Å². The molecule has 5 rings (SSSR count). The summed E-state index contributed by atoms with van der Waals surface area (Å²) in [6.07, 6.45) is 7.08. The number of hydrogen-bond donors (Lipinski definition) is 0. The van der Waals surface area contributed by atoms with Crippen molar-refractivity contribution in [2.45, 2.75) is 32.1 Å². The Morgan fingerprint density at radius 1 is 1.18 bits per heavy atom. The molecule has 0 amide bonds. The summed E-state index contributed by atoms with van der Waals surface area (Å²) in [7, 11) is 0. The molecule has 5 heterocycles. The number of likely N-dealkylation sites (tertiary alicyclic amines) is 1. The molecule has 28 heavy (non-hydrogen) atoms. The van der Waals surface area contributed by atoms with Crippen molar-refractivity contribution in [3.63, 3.8) is 0 Å². The standard InChI is InChI=1S/C21H29FN4OS/c22-6-1-17-11-18-19(23-15-24-20(18)28-17)26-7-4-21(5-8-26)13-25(14-21)12-16-2-9-27-10-3-16/h11,15-16H,1-10,12-14H2. The number of ether oxygens (including phenoxy) is 1. The quantitative estimate of drug-likeness (QED) is 0.763. The molecule has 1 spiro atoms. The number of piperidine rings is 1. The zero-order valence-electron chi connectivity index (χ0n) is 16.4. The summed E-state index contributed by atoms with van der Waals surface area (Å²) in [5, 5.41) is 1.10. The van der Waals surface area contributed by atoms with Gasteiger partial charge in [0, 0.05) is 57.2 Å². The van der Waals surface area contributed by atoms with Gasteiger partial charge in [-0.2, -0.15) is 0 Å². The molecule has 7 heteroatoms. The lowest BCUT2D eigenvalue weighted by atomic mass is 9.71. The van der Waals surface area contributed by atoms with Crippen molar-refractivity contribution in [3.05, 3.63) is 17.3 Å². The van der Waals surface area contributed by atoms with E-state index < -0.39 is 0 Å². The van der Waals surface area contributed by atoms with Crippen molar-refractivity contribution in [1.29, 1.82) is 0 Å². The van der Waals surface area contributed by atoms with Crippen LogP contribution in [-0.2, 0) is 11.2 Å². The summed E-state index contributed by atoms with van der Waals surface area (Å²) in [6, 6.07) is 2.10. The number of rotatable bonds is 5. The molecule has 0 aliphatic carbocycles. The van der Waals surface area contributed by atoms with Crippen LogP contribution in [0.3, 0.4) is 0 Å². The number of fused-ring (bicyclic) bond motifs is 1. The summed E-state index contributed by atoms with van der Waals surface area (Å²) in [6.45, 7) is 7.48. The van der Waals surface area contributed by atoms with E-state index in [9.17, 15) is 4.39 Å². The van der Waals surface area contributed by atoms with Crippen LogP contribution in [0.25, 0.3) is 10.2 Å².